The van der Waals surface area contributed by atoms with Crippen molar-refractivity contribution in [2.75, 3.05) is 13.6 Å². The van der Waals surface area contributed by atoms with Gasteiger partial charge in [-0.25, -0.2) is 0 Å². The third kappa shape index (κ3) is 5.18. The summed E-state index contributed by atoms with van der Waals surface area (Å²) in [5.74, 6) is -0.219. The van der Waals surface area contributed by atoms with Gasteiger partial charge in [0.05, 0.1) is 0 Å². The van der Waals surface area contributed by atoms with Crippen LogP contribution in [0.2, 0.25) is 0 Å². The van der Waals surface area contributed by atoms with Crippen LogP contribution in [0.3, 0.4) is 0 Å². The summed E-state index contributed by atoms with van der Waals surface area (Å²) >= 11 is 0. The van der Waals surface area contributed by atoms with Crippen molar-refractivity contribution in [2.45, 2.75) is 19.4 Å². The number of benzene rings is 1. The number of nitrogens with zero attached hydrogens (tertiary/aromatic N) is 1. The largest absolute Gasteiger partial charge is 0.370 e. The van der Waals surface area contributed by atoms with Crippen LogP contribution in [-0.2, 0) is 11.3 Å². The Labute approximate surface area is 90.9 Å². The van der Waals surface area contributed by atoms with Crippen molar-refractivity contribution < 1.29 is 4.79 Å². The lowest BCUT2D eigenvalue weighted by Gasteiger charge is -2.15. The Balaban J connectivity index is 2.24. The number of carbonyl (C=O) groups excluding carboxylic acids is 1. The summed E-state index contributed by atoms with van der Waals surface area (Å²) in [6.45, 7) is 1.82. The molecule has 0 fully saturated rings. The van der Waals surface area contributed by atoms with Crippen LogP contribution < -0.4 is 5.73 Å². The van der Waals surface area contributed by atoms with Gasteiger partial charge in [-0.15, -0.1) is 0 Å². The van der Waals surface area contributed by atoms with Gasteiger partial charge in [0.25, 0.3) is 0 Å². The van der Waals surface area contributed by atoms with E-state index in [4.69, 9.17) is 5.73 Å². The maximum atomic E-state index is 10.5. The van der Waals surface area contributed by atoms with Crippen LogP contribution in [0, 0.1) is 0 Å². The first kappa shape index (κ1) is 11.7. The van der Waals surface area contributed by atoms with Gasteiger partial charge in [-0.05, 0) is 25.6 Å². The highest BCUT2D eigenvalue weighted by Crippen LogP contribution is 2.03. The minimum Gasteiger partial charge on any atom is -0.370 e. The lowest BCUT2D eigenvalue weighted by atomic mass is 10.2. The minimum absolute atomic E-state index is 0.219. The zero-order chi connectivity index (χ0) is 11.1. The number of amides is 1. The lowest BCUT2D eigenvalue weighted by Crippen LogP contribution is -2.21. The van der Waals surface area contributed by atoms with Crippen LogP contribution in [0.1, 0.15) is 18.4 Å². The Morgan fingerprint density at radius 3 is 2.60 bits per heavy atom. The Morgan fingerprint density at radius 1 is 1.33 bits per heavy atom. The molecule has 1 aromatic carbocycles. The molecule has 0 spiro atoms. The van der Waals surface area contributed by atoms with E-state index in [2.05, 4.69) is 17.0 Å². The topological polar surface area (TPSA) is 46.3 Å². The number of nitrogens with two attached hydrogens (primary N) is 1. The molecule has 3 heteroatoms. The summed E-state index contributed by atoms with van der Waals surface area (Å²) in [7, 11) is 2.05. The van der Waals surface area contributed by atoms with Gasteiger partial charge >= 0.3 is 0 Å². The van der Waals surface area contributed by atoms with E-state index in [1.54, 1.807) is 0 Å². The van der Waals surface area contributed by atoms with Gasteiger partial charge in [-0.3, -0.25) is 4.79 Å². The van der Waals surface area contributed by atoms with Crippen molar-refractivity contribution in [2.24, 2.45) is 5.73 Å². The number of carbonyl (C=O) groups is 1. The molecular weight excluding hydrogens is 188 g/mol. The van der Waals surface area contributed by atoms with E-state index in [1.807, 2.05) is 25.2 Å². The Hall–Kier alpha value is -1.35. The van der Waals surface area contributed by atoms with Gasteiger partial charge < -0.3 is 10.6 Å². The average molecular weight is 206 g/mol. The molecule has 0 radical (unpaired) electrons. The minimum atomic E-state index is -0.219. The predicted octanol–water partition coefficient (Wildman–Crippen LogP) is 1.38. The van der Waals surface area contributed by atoms with E-state index >= 15 is 0 Å². The Morgan fingerprint density at radius 2 is 2.00 bits per heavy atom. The van der Waals surface area contributed by atoms with Crippen LogP contribution >= 0.6 is 0 Å². The molecule has 1 amide bonds. The summed E-state index contributed by atoms with van der Waals surface area (Å²) in [4.78, 5) is 12.7. The first-order valence-corrected chi connectivity index (χ1v) is 5.19. The standard InChI is InChI=1S/C12H18N2O/c1-14(9-5-8-12(13)15)10-11-6-3-2-4-7-11/h2-4,6-7H,5,8-10H2,1H3,(H2,13,15). The van der Waals surface area contributed by atoms with Crippen molar-refractivity contribution in [3.8, 4) is 0 Å². The van der Waals surface area contributed by atoms with E-state index in [-0.39, 0.29) is 5.91 Å². The highest BCUT2D eigenvalue weighted by molar-refractivity contribution is 5.73. The van der Waals surface area contributed by atoms with E-state index in [0.29, 0.717) is 6.42 Å². The molecule has 0 unspecified atom stereocenters. The van der Waals surface area contributed by atoms with Gasteiger partial charge in [0.15, 0.2) is 0 Å². The molecule has 0 saturated heterocycles. The number of rotatable bonds is 6. The molecular formula is C12H18N2O. The first-order valence-electron chi connectivity index (χ1n) is 5.19. The molecule has 0 heterocycles. The van der Waals surface area contributed by atoms with Gasteiger partial charge in [0.2, 0.25) is 5.91 Å². The second kappa shape index (κ2) is 6.19. The zero-order valence-electron chi connectivity index (χ0n) is 9.15. The molecule has 0 aliphatic heterocycles. The van der Waals surface area contributed by atoms with Gasteiger partial charge in [0.1, 0.15) is 0 Å². The molecule has 1 rings (SSSR count). The molecule has 0 bridgehead atoms. The molecule has 82 valence electrons. The Bertz CT molecular complexity index is 298. The van der Waals surface area contributed by atoms with Crippen LogP contribution in [0.5, 0.6) is 0 Å². The van der Waals surface area contributed by atoms with Crippen molar-refractivity contribution >= 4 is 5.91 Å². The second-order valence-electron chi connectivity index (χ2n) is 3.79. The van der Waals surface area contributed by atoms with E-state index in [0.717, 1.165) is 19.5 Å². The fourth-order valence-electron chi connectivity index (χ4n) is 1.50. The van der Waals surface area contributed by atoms with E-state index < -0.39 is 0 Å². The van der Waals surface area contributed by atoms with Crippen molar-refractivity contribution in [1.82, 2.24) is 4.90 Å². The van der Waals surface area contributed by atoms with Crippen molar-refractivity contribution in [1.29, 1.82) is 0 Å². The SMILES string of the molecule is CN(CCCC(N)=O)Cc1ccccc1. The average Bonchev–Trinajstić information content (AvgIpc) is 2.18. The monoisotopic (exact) mass is 206 g/mol. The molecule has 0 atom stereocenters. The predicted molar refractivity (Wildman–Crippen MR) is 61.2 cm³/mol. The molecule has 0 saturated carbocycles. The molecule has 15 heavy (non-hydrogen) atoms. The van der Waals surface area contributed by atoms with E-state index in [9.17, 15) is 4.79 Å². The fraction of sp³-hybridized carbons (Fsp3) is 0.417. The van der Waals surface area contributed by atoms with Gasteiger partial charge in [-0.2, -0.15) is 0 Å². The smallest absolute Gasteiger partial charge is 0.217 e. The number of hydrogen-bond donors (Lipinski definition) is 1. The molecule has 0 aliphatic rings. The third-order valence-electron chi connectivity index (χ3n) is 2.26. The van der Waals surface area contributed by atoms with Gasteiger partial charge in [-0.1, -0.05) is 30.3 Å². The number of primary amides is 1. The van der Waals surface area contributed by atoms with Crippen LogP contribution in [-0.4, -0.2) is 24.4 Å². The highest BCUT2D eigenvalue weighted by atomic mass is 16.1. The summed E-state index contributed by atoms with van der Waals surface area (Å²) in [5.41, 5.74) is 6.36. The number of hydrogen-bond acceptors (Lipinski definition) is 2. The second-order valence-corrected chi connectivity index (χ2v) is 3.79. The summed E-state index contributed by atoms with van der Waals surface area (Å²) < 4.78 is 0. The normalized spacial score (nSPS) is 10.5. The van der Waals surface area contributed by atoms with Crippen LogP contribution in [0.25, 0.3) is 0 Å². The summed E-state index contributed by atoms with van der Waals surface area (Å²) in [5, 5.41) is 0. The zero-order valence-corrected chi connectivity index (χ0v) is 9.15. The molecule has 0 aromatic heterocycles. The van der Waals surface area contributed by atoms with Crippen molar-refractivity contribution in [3.05, 3.63) is 35.9 Å². The highest BCUT2D eigenvalue weighted by Gasteiger charge is 2.00. The van der Waals surface area contributed by atoms with E-state index in [1.165, 1.54) is 5.56 Å². The van der Waals surface area contributed by atoms with Crippen LogP contribution in [0.4, 0.5) is 0 Å². The fourth-order valence-corrected chi connectivity index (χ4v) is 1.50. The van der Waals surface area contributed by atoms with Crippen molar-refractivity contribution in [3.63, 3.8) is 0 Å². The molecule has 1 aromatic rings. The maximum absolute atomic E-state index is 10.5. The first-order chi connectivity index (χ1) is 7.18. The summed E-state index contributed by atoms with van der Waals surface area (Å²) in [6.07, 6.45) is 1.30. The quantitative estimate of drug-likeness (QED) is 0.764. The Kier molecular flexibility index (Phi) is 4.84. The maximum Gasteiger partial charge on any atom is 0.217 e. The lowest BCUT2D eigenvalue weighted by molar-refractivity contribution is -0.118. The molecule has 3 nitrogen and oxygen atoms in total. The molecule has 2 N–H and O–H groups in total. The van der Waals surface area contributed by atoms with Crippen LogP contribution in [0.15, 0.2) is 30.3 Å². The molecule has 0 aliphatic carbocycles. The van der Waals surface area contributed by atoms with Gasteiger partial charge in [0, 0.05) is 13.0 Å². The summed E-state index contributed by atoms with van der Waals surface area (Å²) in [6, 6.07) is 10.3. The third-order valence-corrected chi connectivity index (χ3v) is 2.26.